The first-order chi connectivity index (χ1) is 10.6. The molecule has 0 aliphatic rings. The summed E-state index contributed by atoms with van der Waals surface area (Å²) in [6, 6.07) is 8.22. The molecule has 0 radical (unpaired) electrons. The van der Waals surface area contributed by atoms with Crippen molar-refractivity contribution in [2.24, 2.45) is 0 Å². The van der Waals surface area contributed by atoms with E-state index in [1.165, 1.54) is 7.11 Å². The van der Waals surface area contributed by atoms with Gasteiger partial charge in [0.15, 0.2) is 0 Å². The van der Waals surface area contributed by atoms with Crippen LogP contribution in [0.1, 0.15) is 32.9 Å². The van der Waals surface area contributed by atoms with Gasteiger partial charge in [-0.25, -0.2) is 0 Å². The van der Waals surface area contributed by atoms with E-state index < -0.39 is 8.32 Å². The van der Waals surface area contributed by atoms with Gasteiger partial charge in [0.25, 0.3) is 0 Å². The summed E-state index contributed by atoms with van der Waals surface area (Å²) in [7, 11) is -0.418. The molecule has 0 aliphatic carbocycles. The first kappa shape index (κ1) is 17.6. The van der Waals surface area contributed by atoms with E-state index in [0.29, 0.717) is 12.8 Å². The minimum absolute atomic E-state index is 0.172. The topological polar surface area (TPSA) is 51.3 Å². The summed E-state index contributed by atoms with van der Waals surface area (Å²) in [6.07, 6.45) is 1.04. The van der Waals surface area contributed by atoms with Gasteiger partial charge < -0.3 is 14.1 Å². The third kappa shape index (κ3) is 4.16. The third-order valence-corrected chi connectivity index (χ3v) is 9.01. The van der Waals surface area contributed by atoms with Gasteiger partial charge in [0, 0.05) is 16.6 Å². The highest BCUT2D eigenvalue weighted by Crippen LogP contribution is 2.37. The molecule has 126 valence electrons. The molecule has 0 saturated carbocycles. The highest BCUT2D eigenvalue weighted by Gasteiger charge is 2.38. The molecule has 0 bridgehead atoms. The van der Waals surface area contributed by atoms with Crippen molar-refractivity contribution >= 4 is 25.2 Å². The number of fused-ring (bicyclic) bond motifs is 1. The normalized spacial score (nSPS) is 12.4. The number of H-pyrrole nitrogens is 1. The lowest BCUT2D eigenvalue weighted by Crippen LogP contribution is -2.43. The molecule has 0 atom stereocenters. The first-order valence-corrected chi connectivity index (χ1v) is 10.9. The molecule has 2 rings (SSSR count). The van der Waals surface area contributed by atoms with Crippen molar-refractivity contribution in [3.05, 3.63) is 30.0 Å². The molecular weight excluding hydrogens is 306 g/mol. The number of rotatable bonds is 5. The lowest BCUT2D eigenvalue weighted by Gasteiger charge is -2.36. The summed E-state index contributed by atoms with van der Waals surface area (Å²) in [4.78, 5) is 14.6. The largest absolute Gasteiger partial charge is 0.543 e. The van der Waals surface area contributed by atoms with Crippen molar-refractivity contribution in [1.82, 2.24) is 4.98 Å². The van der Waals surface area contributed by atoms with E-state index >= 15 is 0 Å². The van der Waals surface area contributed by atoms with Crippen LogP contribution in [-0.2, 0) is 16.0 Å². The number of carbonyl (C=O) groups excluding carboxylic acids is 1. The molecule has 2 aromatic rings. The van der Waals surface area contributed by atoms with Gasteiger partial charge in [-0.3, -0.25) is 4.79 Å². The van der Waals surface area contributed by atoms with Gasteiger partial charge >= 0.3 is 5.97 Å². The van der Waals surface area contributed by atoms with Crippen LogP contribution in [0.4, 0.5) is 0 Å². The van der Waals surface area contributed by atoms with Crippen LogP contribution in [0.5, 0.6) is 5.75 Å². The van der Waals surface area contributed by atoms with Crippen LogP contribution in [0.15, 0.2) is 24.3 Å². The highest BCUT2D eigenvalue weighted by atomic mass is 28.4. The van der Waals surface area contributed by atoms with E-state index in [0.717, 1.165) is 22.3 Å². The van der Waals surface area contributed by atoms with Crippen LogP contribution in [-0.4, -0.2) is 26.4 Å². The second-order valence-corrected chi connectivity index (χ2v) is 12.2. The number of hydrogen-bond acceptors (Lipinski definition) is 3. The predicted octanol–water partition coefficient (Wildman–Crippen LogP) is 4.66. The Kier molecular flexibility index (Phi) is 4.89. The minimum Gasteiger partial charge on any atom is -0.543 e. The third-order valence-electron chi connectivity index (χ3n) is 4.65. The first-order valence-electron chi connectivity index (χ1n) is 8.00. The molecule has 0 spiro atoms. The van der Waals surface area contributed by atoms with Crippen molar-refractivity contribution in [3.8, 4) is 5.75 Å². The SMILES string of the molecule is COC(=O)CCc1cc2cc(O[Si](C)(C)C(C)(C)C)ccc2[nH]1. The standard InChI is InChI=1S/C18H27NO3Si/c1-18(2,3)23(5,6)22-15-8-9-16-13(12-15)11-14(19-16)7-10-17(20)21-4/h8-9,11-12,19H,7,10H2,1-6H3. The summed E-state index contributed by atoms with van der Waals surface area (Å²) >= 11 is 0. The number of hydrogen-bond donors (Lipinski definition) is 1. The van der Waals surface area contributed by atoms with Crippen molar-refractivity contribution in [2.45, 2.75) is 51.7 Å². The predicted molar refractivity (Wildman–Crippen MR) is 96.5 cm³/mol. The van der Waals surface area contributed by atoms with Gasteiger partial charge in [-0.2, -0.15) is 0 Å². The Morgan fingerprint density at radius 1 is 1.22 bits per heavy atom. The van der Waals surface area contributed by atoms with Crippen molar-refractivity contribution in [2.75, 3.05) is 7.11 Å². The number of aryl methyl sites for hydroxylation is 1. The zero-order chi connectivity index (χ0) is 17.3. The zero-order valence-corrected chi connectivity index (χ0v) is 15.9. The second kappa shape index (κ2) is 6.39. The molecule has 1 heterocycles. The van der Waals surface area contributed by atoms with E-state index in [4.69, 9.17) is 4.43 Å². The molecule has 0 aliphatic heterocycles. The Morgan fingerprint density at radius 3 is 2.52 bits per heavy atom. The van der Waals surface area contributed by atoms with Gasteiger partial charge in [0.05, 0.1) is 13.5 Å². The lowest BCUT2D eigenvalue weighted by molar-refractivity contribution is -0.140. The molecule has 1 aromatic heterocycles. The number of carbonyl (C=O) groups is 1. The maximum Gasteiger partial charge on any atom is 0.305 e. The maximum atomic E-state index is 11.3. The minimum atomic E-state index is -1.83. The number of nitrogens with one attached hydrogen (secondary N) is 1. The van der Waals surface area contributed by atoms with E-state index in [1.807, 2.05) is 12.1 Å². The van der Waals surface area contributed by atoms with Crippen LogP contribution >= 0.6 is 0 Å². The molecular formula is C18H27NO3Si. The molecule has 1 N–H and O–H groups in total. The Balaban J connectivity index is 2.17. The van der Waals surface area contributed by atoms with Crippen LogP contribution in [0.25, 0.3) is 10.9 Å². The number of aromatic amines is 1. The van der Waals surface area contributed by atoms with Crippen LogP contribution in [0, 0.1) is 0 Å². The fourth-order valence-electron chi connectivity index (χ4n) is 2.16. The Labute approximate surface area is 139 Å². The number of esters is 1. The maximum absolute atomic E-state index is 11.3. The average molecular weight is 334 g/mol. The van der Waals surface area contributed by atoms with Gasteiger partial charge in [-0.15, -0.1) is 0 Å². The summed E-state index contributed by atoms with van der Waals surface area (Å²) in [5.74, 6) is 0.730. The average Bonchev–Trinajstić information content (AvgIpc) is 2.85. The molecule has 0 unspecified atom stereocenters. The molecule has 0 saturated heterocycles. The summed E-state index contributed by atoms with van der Waals surface area (Å²) in [5.41, 5.74) is 2.10. The number of ether oxygens (including phenoxy) is 1. The quantitative estimate of drug-likeness (QED) is 0.639. The Morgan fingerprint density at radius 2 is 1.91 bits per heavy atom. The lowest BCUT2D eigenvalue weighted by atomic mass is 10.2. The molecule has 5 heteroatoms. The molecule has 4 nitrogen and oxygen atoms in total. The van der Waals surface area contributed by atoms with Gasteiger partial charge in [-0.1, -0.05) is 20.8 Å². The van der Waals surface area contributed by atoms with Crippen molar-refractivity contribution in [3.63, 3.8) is 0 Å². The van der Waals surface area contributed by atoms with Crippen LogP contribution < -0.4 is 4.43 Å². The summed E-state index contributed by atoms with van der Waals surface area (Å²) < 4.78 is 11.0. The molecule has 1 aromatic carbocycles. The second-order valence-electron chi connectivity index (χ2n) is 7.48. The Bertz CT molecular complexity index is 698. The molecule has 23 heavy (non-hydrogen) atoms. The van der Waals surface area contributed by atoms with Crippen molar-refractivity contribution in [1.29, 1.82) is 0 Å². The summed E-state index contributed by atoms with van der Waals surface area (Å²) in [5, 5.41) is 1.28. The molecule has 0 fully saturated rings. The van der Waals surface area contributed by atoms with Crippen LogP contribution in [0.3, 0.4) is 0 Å². The Hall–Kier alpha value is -1.75. The van der Waals surface area contributed by atoms with E-state index in [1.54, 1.807) is 0 Å². The van der Waals surface area contributed by atoms with Gasteiger partial charge in [-0.05, 0) is 48.8 Å². The fourth-order valence-corrected chi connectivity index (χ4v) is 3.18. The van der Waals surface area contributed by atoms with E-state index in [-0.39, 0.29) is 11.0 Å². The van der Waals surface area contributed by atoms with E-state index in [9.17, 15) is 4.79 Å². The number of methoxy groups -OCH3 is 1. The summed E-state index contributed by atoms with van der Waals surface area (Å²) in [6.45, 7) is 11.2. The number of benzene rings is 1. The van der Waals surface area contributed by atoms with Gasteiger partial charge in [0.1, 0.15) is 5.75 Å². The zero-order valence-electron chi connectivity index (χ0n) is 14.9. The van der Waals surface area contributed by atoms with Crippen molar-refractivity contribution < 1.29 is 14.0 Å². The van der Waals surface area contributed by atoms with Gasteiger partial charge in [0.2, 0.25) is 8.32 Å². The monoisotopic (exact) mass is 333 g/mol. The number of aromatic nitrogens is 1. The fraction of sp³-hybridized carbons (Fsp3) is 0.500. The molecule has 0 amide bonds. The van der Waals surface area contributed by atoms with Crippen LogP contribution in [0.2, 0.25) is 18.1 Å². The smallest absolute Gasteiger partial charge is 0.305 e. The van der Waals surface area contributed by atoms with E-state index in [2.05, 4.69) is 55.7 Å². The highest BCUT2D eigenvalue weighted by molar-refractivity contribution is 6.74.